The van der Waals surface area contributed by atoms with Crippen molar-refractivity contribution >= 4 is 57.6 Å². The lowest BCUT2D eigenvalue weighted by molar-refractivity contribution is -0.133. The Balaban J connectivity index is 1.06. The van der Waals surface area contributed by atoms with E-state index >= 15 is 0 Å². The van der Waals surface area contributed by atoms with E-state index in [1.165, 1.54) is 0 Å². The zero-order chi connectivity index (χ0) is 29.1. The molecule has 42 heavy (non-hydrogen) atoms. The van der Waals surface area contributed by atoms with E-state index in [1.807, 2.05) is 18.2 Å². The highest BCUT2D eigenvalue weighted by Crippen LogP contribution is 2.55. The van der Waals surface area contributed by atoms with Gasteiger partial charge in [0.15, 0.2) is 5.69 Å². The number of aromatic nitrogens is 3. The summed E-state index contributed by atoms with van der Waals surface area (Å²) in [5.74, 6) is 0.167. The minimum atomic E-state index is -1.09. The molecule has 3 heterocycles. The van der Waals surface area contributed by atoms with Crippen LogP contribution in [0.5, 0.6) is 0 Å². The number of halogens is 3. The maximum atomic E-state index is 11.3. The van der Waals surface area contributed by atoms with Crippen LogP contribution >= 0.6 is 34.8 Å². The lowest BCUT2D eigenvalue weighted by Gasteiger charge is -2.52. The summed E-state index contributed by atoms with van der Waals surface area (Å²) in [7, 11) is 0. The molecule has 0 atom stereocenters. The zero-order valence-electron chi connectivity index (χ0n) is 22.7. The number of benzene rings is 1. The van der Waals surface area contributed by atoms with Crippen molar-refractivity contribution in [3.8, 4) is 11.3 Å². The second kappa shape index (κ2) is 10.6. The Hall–Kier alpha value is -2.97. The number of carboxylic acids is 1. The summed E-state index contributed by atoms with van der Waals surface area (Å²) in [5.41, 5.74) is 3.17. The van der Waals surface area contributed by atoms with Crippen LogP contribution in [0.4, 0.5) is 0 Å². The van der Waals surface area contributed by atoms with E-state index in [1.54, 1.807) is 18.5 Å². The maximum Gasteiger partial charge on any atom is 0.354 e. The molecule has 4 aliphatic rings. The molecule has 216 valence electrons. The monoisotopic (exact) mass is 623 g/mol. The summed E-state index contributed by atoms with van der Waals surface area (Å²) in [5, 5.41) is 16.2. The molecule has 10 heteroatoms. The van der Waals surface area contributed by atoms with E-state index in [-0.39, 0.29) is 21.9 Å². The van der Waals surface area contributed by atoms with Gasteiger partial charge in [0.05, 0.1) is 22.3 Å². The van der Waals surface area contributed by atoms with Gasteiger partial charge >= 0.3 is 5.97 Å². The van der Waals surface area contributed by atoms with Crippen molar-refractivity contribution < 1.29 is 19.2 Å². The van der Waals surface area contributed by atoms with E-state index in [4.69, 9.17) is 44.1 Å². The number of hydrogen-bond donors (Lipinski definition) is 1. The molecule has 2 bridgehead atoms. The highest BCUT2D eigenvalue weighted by Gasteiger charge is 2.48. The molecule has 4 aromatic rings. The molecule has 7 nitrogen and oxygen atoms in total. The van der Waals surface area contributed by atoms with Crippen molar-refractivity contribution in [1.82, 2.24) is 15.1 Å². The fraction of sp³-hybridized carbons (Fsp3) is 0.375. The number of hydrogen-bond acceptors (Lipinski definition) is 6. The molecule has 4 aliphatic carbocycles. The van der Waals surface area contributed by atoms with Crippen LogP contribution in [0, 0.1) is 5.41 Å². The number of fused-ring (bicyclic) bond motifs is 4. The second-order valence-corrected chi connectivity index (χ2v) is 13.1. The van der Waals surface area contributed by atoms with Crippen molar-refractivity contribution in [1.29, 1.82) is 0 Å². The van der Waals surface area contributed by atoms with Gasteiger partial charge in [0.2, 0.25) is 0 Å². The minimum Gasteiger partial charge on any atom is -0.477 e. The quantitative estimate of drug-likeness (QED) is 0.195. The van der Waals surface area contributed by atoms with Crippen molar-refractivity contribution in [2.24, 2.45) is 5.41 Å². The van der Waals surface area contributed by atoms with Crippen LogP contribution < -0.4 is 0 Å². The third-order valence-corrected chi connectivity index (χ3v) is 10.1. The van der Waals surface area contributed by atoms with Crippen LogP contribution in [0.3, 0.4) is 0 Å². The fourth-order valence-corrected chi connectivity index (χ4v) is 7.34. The number of ether oxygens (including phenoxy) is 1. The summed E-state index contributed by atoms with van der Waals surface area (Å²) >= 11 is 19.3. The molecular weight excluding hydrogens is 597 g/mol. The predicted octanol–water partition coefficient (Wildman–Crippen LogP) is 9.14. The maximum absolute atomic E-state index is 11.3. The lowest BCUT2D eigenvalue weighted by Crippen LogP contribution is -2.46. The number of allylic oxidation sites excluding steroid dienone is 1. The summed E-state index contributed by atoms with van der Waals surface area (Å²) < 4.78 is 12.6. The number of rotatable bonds is 8. The van der Waals surface area contributed by atoms with E-state index < -0.39 is 5.97 Å². The second-order valence-electron chi connectivity index (χ2n) is 11.9. The van der Waals surface area contributed by atoms with Gasteiger partial charge in [-0.25, -0.2) is 9.78 Å². The summed E-state index contributed by atoms with van der Waals surface area (Å²) in [4.78, 5) is 19.4. The number of carboxylic acid groups (broad SMARTS) is 1. The first kappa shape index (κ1) is 27.8. The minimum absolute atomic E-state index is 0.0567. The molecule has 0 unspecified atom stereocenters. The van der Waals surface area contributed by atoms with E-state index in [0.29, 0.717) is 33.8 Å². The van der Waals surface area contributed by atoms with Crippen molar-refractivity contribution in [3.63, 3.8) is 0 Å². The number of carbonyl (C=O) groups is 1. The van der Waals surface area contributed by atoms with Gasteiger partial charge in [-0.1, -0.05) is 64.2 Å². The molecule has 0 aliphatic heterocycles. The van der Waals surface area contributed by atoms with Crippen LogP contribution in [0.2, 0.25) is 15.2 Å². The Labute approximate surface area is 257 Å². The third kappa shape index (κ3) is 5.11. The Morgan fingerprint density at radius 1 is 1.05 bits per heavy atom. The summed E-state index contributed by atoms with van der Waals surface area (Å²) in [6.45, 7) is 0.415. The van der Waals surface area contributed by atoms with Crippen LogP contribution in [0.1, 0.15) is 84.7 Å². The van der Waals surface area contributed by atoms with E-state index in [9.17, 15) is 9.90 Å². The molecule has 1 aromatic carbocycles. The highest BCUT2D eigenvalue weighted by molar-refractivity contribution is 6.39. The first-order chi connectivity index (χ1) is 20.2. The first-order valence-electron chi connectivity index (χ1n) is 14.2. The van der Waals surface area contributed by atoms with Gasteiger partial charge in [-0.05, 0) is 79.9 Å². The van der Waals surface area contributed by atoms with Gasteiger partial charge in [0.25, 0.3) is 0 Å². The predicted molar refractivity (Wildman–Crippen MR) is 162 cm³/mol. The van der Waals surface area contributed by atoms with Crippen LogP contribution in [0.25, 0.3) is 28.1 Å². The average Bonchev–Trinajstić information content (AvgIpc) is 3.76. The van der Waals surface area contributed by atoms with Gasteiger partial charge < -0.3 is 14.4 Å². The van der Waals surface area contributed by atoms with Crippen LogP contribution in [0.15, 0.2) is 47.3 Å². The molecule has 4 saturated carbocycles. The Bertz CT molecular complexity index is 1700. The topological polar surface area (TPSA) is 98.3 Å². The van der Waals surface area contributed by atoms with Gasteiger partial charge in [-0.3, -0.25) is 4.98 Å². The molecule has 3 aromatic heterocycles. The van der Waals surface area contributed by atoms with Gasteiger partial charge in [0, 0.05) is 34.8 Å². The SMILES string of the molecule is O=C(O)c1cc2ccc(/C=C/C34CCC(OCc5c(-c6c(Cl)cncc6Cl)noc5C5CC5)(CC3)CC4)cc2c(Cl)n1. The first-order valence-corrected chi connectivity index (χ1v) is 15.3. The van der Waals surface area contributed by atoms with Crippen molar-refractivity contribution in [3.05, 3.63) is 80.5 Å². The number of nitrogens with zero attached hydrogens (tertiary/aromatic N) is 3. The molecule has 0 amide bonds. The average molecular weight is 625 g/mol. The Morgan fingerprint density at radius 2 is 1.76 bits per heavy atom. The van der Waals surface area contributed by atoms with Gasteiger partial charge in [-0.15, -0.1) is 0 Å². The highest BCUT2D eigenvalue weighted by atomic mass is 35.5. The fourth-order valence-electron chi connectivity index (χ4n) is 6.54. The number of pyridine rings is 2. The standard InChI is InChI=1S/C32H28Cl3N3O4/c33-23-15-36-16-24(34)26(23)27-22(28(42-38-27)19-3-4-19)17-41-32-10-7-31(8-11-32,9-12-32)6-5-18-1-2-20-14-25(30(39)40)37-29(35)21(20)13-18/h1-2,5-6,13-16,19H,3-4,7-12,17H2,(H,39,40)/b6-5+. The van der Waals surface area contributed by atoms with E-state index in [0.717, 1.165) is 79.0 Å². The van der Waals surface area contributed by atoms with Gasteiger partial charge in [0.1, 0.15) is 16.6 Å². The summed E-state index contributed by atoms with van der Waals surface area (Å²) in [6, 6.07) is 7.41. The molecule has 4 fully saturated rings. The van der Waals surface area contributed by atoms with E-state index in [2.05, 4.69) is 27.3 Å². The molecule has 0 saturated heterocycles. The number of aromatic carboxylic acids is 1. The zero-order valence-corrected chi connectivity index (χ0v) is 25.0. The molecule has 8 rings (SSSR count). The molecule has 0 radical (unpaired) electrons. The Kier molecular flexibility index (Phi) is 7.05. The third-order valence-electron chi connectivity index (χ3n) is 9.27. The normalized spacial score (nSPS) is 23.7. The van der Waals surface area contributed by atoms with Gasteiger partial charge in [-0.2, -0.15) is 0 Å². The van der Waals surface area contributed by atoms with Crippen LogP contribution in [-0.2, 0) is 11.3 Å². The smallest absolute Gasteiger partial charge is 0.354 e. The molecular formula is C32H28Cl3N3O4. The lowest BCUT2D eigenvalue weighted by atomic mass is 9.58. The van der Waals surface area contributed by atoms with Crippen molar-refractivity contribution in [2.45, 2.75) is 69.5 Å². The largest absolute Gasteiger partial charge is 0.477 e. The Morgan fingerprint density at radius 3 is 2.43 bits per heavy atom. The molecule has 0 spiro atoms. The van der Waals surface area contributed by atoms with Crippen LogP contribution in [-0.4, -0.2) is 31.8 Å². The summed E-state index contributed by atoms with van der Waals surface area (Å²) in [6.07, 6.45) is 15.9. The van der Waals surface area contributed by atoms with Crippen molar-refractivity contribution in [2.75, 3.05) is 0 Å². The molecule has 1 N–H and O–H groups in total.